The van der Waals surface area contributed by atoms with Crippen LogP contribution in [0, 0.1) is 23.7 Å². The Bertz CT molecular complexity index is 654. The summed E-state index contributed by atoms with van der Waals surface area (Å²) < 4.78 is 16.0. The quantitative estimate of drug-likeness (QED) is 0.257. The average molecular weight is 372 g/mol. The van der Waals surface area contributed by atoms with Crippen LogP contribution in [0.3, 0.4) is 0 Å². The lowest BCUT2D eigenvalue weighted by Gasteiger charge is -2.32. The second-order valence-electron chi connectivity index (χ2n) is 6.21. The fourth-order valence-electron chi connectivity index (χ4n) is 2.73. The lowest BCUT2D eigenvalue weighted by molar-refractivity contribution is -0.174. The number of hydrogen-bond donors (Lipinski definition) is 0. The summed E-state index contributed by atoms with van der Waals surface area (Å²) in [5.74, 6) is 0.375. The van der Waals surface area contributed by atoms with Gasteiger partial charge in [-0.15, -0.1) is 12.3 Å². The largest absolute Gasteiger partial charge is 0.465 e. The maximum atomic E-state index is 12.7. The van der Waals surface area contributed by atoms with Gasteiger partial charge in [0.05, 0.1) is 26.4 Å². The van der Waals surface area contributed by atoms with Crippen molar-refractivity contribution in [2.45, 2.75) is 33.8 Å². The number of benzene rings is 1. The van der Waals surface area contributed by atoms with E-state index in [9.17, 15) is 9.59 Å². The molecule has 0 N–H and O–H groups in total. The van der Waals surface area contributed by atoms with E-state index in [1.807, 2.05) is 30.3 Å². The first kappa shape index (κ1) is 22.5. The Labute approximate surface area is 161 Å². The zero-order valence-electron chi connectivity index (χ0n) is 16.3. The zero-order chi connectivity index (χ0) is 20.3. The summed E-state index contributed by atoms with van der Waals surface area (Å²) >= 11 is 0. The van der Waals surface area contributed by atoms with Crippen LogP contribution >= 0.6 is 0 Å². The molecule has 146 valence electrons. The van der Waals surface area contributed by atoms with E-state index in [0.29, 0.717) is 12.2 Å². The normalized spacial score (nSPS) is 11.9. The first-order valence-electron chi connectivity index (χ1n) is 9.01. The molecule has 0 spiro atoms. The average Bonchev–Trinajstić information content (AvgIpc) is 2.66. The summed E-state index contributed by atoms with van der Waals surface area (Å²) in [4.78, 5) is 25.4. The highest BCUT2D eigenvalue weighted by molar-refractivity contribution is 6.01. The second-order valence-corrected chi connectivity index (χ2v) is 6.21. The smallest absolute Gasteiger partial charge is 0.325 e. The van der Waals surface area contributed by atoms with Crippen molar-refractivity contribution in [2.75, 3.05) is 19.8 Å². The van der Waals surface area contributed by atoms with Gasteiger partial charge in [0.1, 0.15) is 0 Å². The fourth-order valence-corrected chi connectivity index (χ4v) is 2.73. The highest BCUT2D eigenvalue weighted by atomic mass is 16.6. The molecule has 0 aromatic heterocycles. The number of carbonyl (C=O) groups is 2. The first-order valence-corrected chi connectivity index (χ1v) is 9.01. The molecule has 1 atom stereocenters. The maximum absolute atomic E-state index is 12.7. The van der Waals surface area contributed by atoms with Crippen LogP contribution in [-0.2, 0) is 30.4 Å². The standard InChI is InChI=1S/C22H28O5/c1-6-18(5)22(20(23)26-7-2,21(24)27-8-3)14-17(4)15-25-16-19-12-10-9-11-13-19/h1,9-13,18H,4,7-8,14-16H2,2-3,5H3. The van der Waals surface area contributed by atoms with Gasteiger partial charge in [-0.3, -0.25) is 9.59 Å². The van der Waals surface area contributed by atoms with Crippen LogP contribution in [0.5, 0.6) is 0 Å². The van der Waals surface area contributed by atoms with Gasteiger partial charge in [-0.1, -0.05) is 42.5 Å². The van der Waals surface area contributed by atoms with Crippen molar-refractivity contribution >= 4 is 11.9 Å². The van der Waals surface area contributed by atoms with Crippen molar-refractivity contribution in [1.29, 1.82) is 0 Å². The lowest BCUT2D eigenvalue weighted by Crippen LogP contribution is -2.47. The number of rotatable bonds is 11. The summed E-state index contributed by atoms with van der Waals surface area (Å²) in [5, 5.41) is 0. The van der Waals surface area contributed by atoms with Crippen LogP contribution in [-0.4, -0.2) is 31.8 Å². The molecule has 0 aliphatic rings. The summed E-state index contributed by atoms with van der Waals surface area (Å²) in [6.45, 7) is 9.79. The van der Waals surface area contributed by atoms with Gasteiger partial charge in [-0.05, 0) is 32.8 Å². The number of carbonyl (C=O) groups excluding carboxylic acids is 2. The van der Waals surface area contributed by atoms with E-state index in [4.69, 9.17) is 20.6 Å². The molecule has 1 unspecified atom stereocenters. The highest BCUT2D eigenvalue weighted by Gasteiger charge is 2.53. The molecule has 1 rings (SSSR count). The Morgan fingerprint density at radius 1 is 1.15 bits per heavy atom. The topological polar surface area (TPSA) is 61.8 Å². The Morgan fingerprint density at radius 2 is 1.70 bits per heavy atom. The molecule has 0 saturated heterocycles. The van der Waals surface area contributed by atoms with Crippen LogP contribution in [0.15, 0.2) is 42.5 Å². The van der Waals surface area contributed by atoms with Gasteiger partial charge in [-0.2, -0.15) is 0 Å². The van der Waals surface area contributed by atoms with Gasteiger partial charge >= 0.3 is 11.9 Å². The molecule has 0 fully saturated rings. The van der Waals surface area contributed by atoms with E-state index in [-0.39, 0.29) is 26.2 Å². The molecule has 1 aromatic rings. The van der Waals surface area contributed by atoms with Gasteiger partial charge in [0.15, 0.2) is 5.41 Å². The number of hydrogen-bond acceptors (Lipinski definition) is 5. The Balaban J connectivity index is 2.93. The predicted molar refractivity (Wildman–Crippen MR) is 104 cm³/mol. The maximum Gasteiger partial charge on any atom is 0.325 e. The third kappa shape index (κ3) is 5.97. The number of terminal acetylenes is 1. The van der Waals surface area contributed by atoms with Gasteiger partial charge < -0.3 is 14.2 Å². The van der Waals surface area contributed by atoms with E-state index in [2.05, 4.69) is 12.5 Å². The van der Waals surface area contributed by atoms with Crippen LogP contribution in [0.4, 0.5) is 0 Å². The van der Waals surface area contributed by atoms with Gasteiger partial charge in [0.25, 0.3) is 0 Å². The minimum Gasteiger partial charge on any atom is -0.465 e. The molecule has 0 aliphatic carbocycles. The van der Waals surface area contributed by atoms with E-state index in [1.165, 1.54) is 0 Å². The molecule has 0 aliphatic heterocycles. The molecule has 5 nitrogen and oxygen atoms in total. The summed E-state index contributed by atoms with van der Waals surface area (Å²) in [6, 6.07) is 9.68. The SMILES string of the molecule is C#CC(C)C(CC(=C)COCc1ccccc1)(C(=O)OCC)C(=O)OCC. The summed E-state index contributed by atoms with van der Waals surface area (Å²) in [7, 11) is 0. The van der Waals surface area contributed by atoms with Crippen molar-refractivity contribution in [1.82, 2.24) is 0 Å². The molecule has 0 saturated carbocycles. The zero-order valence-corrected chi connectivity index (χ0v) is 16.3. The molecule has 0 amide bonds. The Hall–Kier alpha value is -2.58. The van der Waals surface area contributed by atoms with Crippen molar-refractivity contribution < 1.29 is 23.8 Å². The molecule has 5 heteroatoms. The van der Waals surface area contributed by atoms with Gasteiger partial charge in [0, 0.05) is 5.92 Å². The van der Waals surface area contributed by atoms with E-state index >= 15 is 0 Å². The van der Waals surface area contributed by atoms with Crippen LogP contribution in [0.1, 0.15) is 32.8 Å². The molecule has 0 heterocycles. The second kappa shape index (κ2) is 11.2. The monoisotopic (exact) mass is 372 g/mol. The van der Waals surface area contributed by atoms with Gasteiger partial charge in [0.2, 0.25) is 0 Å². The number of esters is 2. The molecule has 0 radical (unpaired) electrons. The molecular weight excluding hydrogens is 344 g/mol. The van der Waals surface area contributed by atoms with Crippen LogP contribution in [0.25, 0.3) is 0 Å². The van der Waals surface area contributed by atoms with Crippen molar-refractivity contribution in [3.8, 4) is 12.3 Å². The summed E-state index contributed by atoms with van der Waals surface area (Å²) in [6.07, 6.45) is 5.56. The molecular formula is C22H28O5. The number of ether oxygens (including phenoxy) is 3. The minimum absolute atomic E-state index is 0.00478. The van der Waals surface area contributed by atoms with E-state index < -0.39 is 23.3 Å². The van der Waals surface area contributed by atoms with E-state index in [1.54, 1.807) is 20.8 Å². The third-order valence-electron chi connectivity index (χ3n) is 4.22. The predicted octanol–water partition coefficient (Wildman–Crippen LogP) is 3.53. The van der Waals surface area contributed by atoms with Crippen LogP contribution in [0.2, 0.25) is 0 Å². The van der Waals surface area contributed by atoms with Crippen molar-refractivity contribution in [2.24, 2.45) is 11.3 Å². The third-order valence-corrected chi connectivity index (χ3v) is 4.22. The highest BCUT2D eigenvalue weighted by Crippen LogP contribution is 2.37. The van der Waals surface area contributed by atoms with Crippen molar-refractivity contribution in [3.05, 3.63) is 48.0 Å². The first-order chi connectivity index (χ1) is 12.9. The van der Waals surface area contributed by atoms with Gasteiger partial charge in [-0.25, -0.2) is 0 Å². The molecule has 27 heavy (non-hydrogen) atoms. The minimum atomic E-state index is -1.63. The van der Waals surface area contributed by atoms with Crippen molar-refractivity contribution in [3.63, 3.8) is 0 Å². The summed E-state index contributed by atoms with van der Waals surface area (Å²) in [5.41, 5.74) is -0.0491. The Kier molecular flexibility index (Phi) is 9.32. The fraction of sp³-hybridized carbons (Fsp3) is 0.455. The van der Waals surface area contributed by atoms with E-state index in [0.717, 1.165) is 5.56 Å². The molecule has 1 aromatic carbocycles. The molecule has 0 bridgehead atoms. The Morgan fingerprint density at radius 3 is 2.19 bits per heavy atom. The lowest BCUT2D eigenvalue weighted by atomic mass is 9.72. The van der Waals surface area contributed by atoms with Crippen LogP contribution < -0.4 is 0 Å².